The van der Waals surface area contributed by atoms with Crippen LogP contribution < -0.4 is 5.32 Å². The Labute approximate surface area is 122 Å². The first kappa shape index (κ1) is 13.2. The highest BCUT2D eigenvalue weighted by Gasteiger charge is 2.18. The van der Waals surface area contributed by atoms with E-state index in [9.17, 15) is 0 Å². The van der Waals surface area contributed by atoms with Crippen molar-refractivity contribution in [2.24, 2.45) is 0 Å². The van der Waals surface area contributed by atoms with Gasteiger partial charge in [-0.25, -0.2) is 0 Å². The highest BCUT2D eigenvalue weighted by atomic mass is 14.9. The molecule has 1 nitrogen and oxygen atoms in total. The average molecular weight is 265 g/mol. The van der Waals surface area contributed by atoms with Gasteiger partial charge in [0.2, 0.25) is 0 Å². The molecule has 0 bridgehead atoms. The van der Waals surface area contributed by atoms with Gasteiger partial charge in [-0.3, -0.25) is 0 Å². The monoisotopic (exact) mass is 265 g/mol. The van der Waals surface area contributed by atoms with Crippen molar-refractivity contribution in [1.29, 1.82) is 0 Å². The lowest BCUT2D eigenvalue weighted by atomic mass is 9.98. The molecule has 0 aromatic heterocycles. The zero-order valence-corrected chi connectivity index (χ0v) is 12.4. The van der Waals surface area contributed by atoms with Crippen molar-refractivity contribution in [3.63, 3.8) is 0 Å². The number of benzene rings is 2. The van der Waals surface area contributed by atoms with Gasteiger partial charge in [-0.1, -0.05) is 42.8 Å². The summed E-state index contributed by atoms with van der Waals surface area (Å²) in [6, 6.07) is 15.9. The van der Waals surface area contributed by atoms with Crippen LogP contribution in [-0.4, -0.2) is 0 Å². The molecule has 20 heavy (non-hydrogen) atoms. The van der Waals surface area contributed by atoms with Gasteiger partial charge in [0.1, 0.15) is 0 Å². The third-order valence-electron chi connectivity index (χ3n) is 4.55. The molecule has 0 saturated carbocycles. The fourth-order valence-electron chi connectivity index (χ4n) is 3.17. The summed E-state index contributed by atoms with van der Waals surface area (Å²) in [5, 5.41) is 3.79. The maximum atomic E-state index is 3.79. The van der Waals surface area contributed by atoms with Crippen LogP contribution in [0.15, 0.2) is 42.5 Å². The predicted molar refractivity (Wildman–Crippen MR) is 86.3 cm³/mol. The summed E-state index contributed by atoms with van der Waals surface area (Å²) < 4.78 is 0. The summed E-state index contributed by atoms with van der Waals surface area (Å²) in [6.45, 7) is 4.39. The van der Waals surface area contributed by atoms with E-state index in [1.54, 1.807) is 0 Å². The number of rotatable bonds is 2. The Balaban J connectivity index is 1.92. The molecule has 3 rings (SSSR count). The molecule has 1 unspecified atom stereocenters. The quantitative estimate of drug-likeness (QED) is 0.737. The second-order valence-electron chi connectivity index (χ2n) is 5.89. The highest BCUT2D eigenvalue weighted by molar-refractivity contribution is 5.55. The lowest BCUT2D eigenvalue weighted by molar-refractivity contribution is 0.644. The van der Waals surface area contributed by atoms with Crippen molar-refractivity contribution in [3.8, 4) is 0 Å². The normalized spacial score (nSPS) is 18.2. The van der Waals surface area contributed by atoms with Crippen molar-refractivity contribution in [2.75, 3.05) is 5.32 Å². The van der Waals surface area contributed by atoms with Crippen LogP contribution in [0.4, 0.5) is 5.69 Å². The molecule has 0 fully saturated rings. The van der Waals surface area contributed by atoms with Crippen molar-refractivity contribution in [2.45, 2.75) is 45.6 Å². The molecule has 0 aliphatic heterocycles. The smallest absolute Gasteiger partial charge is 0.0516 e. The maximum Gasteiger partial charge on any atom is 0.0516 e. The number of nitrogens with one attached hydrogen (secondary N) is 1. The molecule has 0 heterocycles. The van der Waals surface area contributed by atoms with Gasteiger partial charge in [0.05, 0.1) is 6.04 Å². The van der Waals surface area contributed by atoms with E-state index in [0.717, 1.165) is 0 Å². The van der Waals surface area contributed by atoms with E-state index < -0.39 is 0 Å². The summed E-state index contributed by atoms with van der Waals surface area (Å²) in [7, 11) is 0. The Morgan fingerprint density at radius 1 is 0.950 bits per heavy atom. The average Bonchev–Trinajstić information content (AvgIpc) is 2.67. The number of aryl methyl sites for hydroxylation is 2. The van der Waals surface area contributed by atoms with Crippen molar-refractivity contribution in [3.05, 3.63) is 64.7 Å². The Morgan fingerprint density at radius 2 is 1.80 bits per heavy atom. The van der Waals surface area contributed by atoms with Crippen LogP contribution in [-0.2, 0) is 6.42 Å². The minimum atomic E-state index is 0.453. The number of hydrogen-bond donors (Lipinski definition) is 1. The maximum absolute atomic E-state index is 3.79. The zero-order chi connectivity index (χ0) is 13.9. The van der Waals surface area contributed by atoms with Gasteiger partial charge in [0, 0.05) is 5.69 Å². The summed E-state index contributed by atoms with van der Waals surface area (Å²) in [5.74, 6) is 0. The van der Waals surface area contributed by atoms with E-state index in [1.807, 2.05) is 0 Å². The molecule has 104 valence electrons. The Kier molecular flexibility index (Phi) is 3.77. The second kappa shape index (κ2) is 5.70. The van der Waals surface area contributed by atoms with Gasteiger partial charge in [0.15, 0.2) is 0 Å². The van der Waals surface area contributed by atoms with Crippen LogP contribution in [0.2, 0.25) is 0 Å². The van der Waals surface area contributed by atoms with Gasteiger partial charge < -0.3 is 5.32 Å². The molecule has 1 aliphatic rings. The first-order valence-electron chi connectivity index (χ1n) is 7.66. The van der Waals surface area contributed by atoms with Crippen LogP contribution >= 0.6 is 0 Å². The molecule has 1 N–H and O–H groups in total. The standard InChI is InChI=1S/C19H23N/c1-14-8-7-13-18(15(14)2)20-19-12-6-4-10-16-9-3-5-11-17(16)19/h3,5,7-9,11,13,19-20H,4,6,10,12H2,1-2H3. The molecule has 2 aromatic rings. The van der Waals surface area contributed by atoms with Crippen LogP contribution in [0.1, 0.15) is 47.6 Å². The third-order valence-corrected chi connectivity index (χ3v) is 4.55. The fraction of sp³-hybridized carbons (Fsp3) is 0.368. The van der Waals surface area contributed by atoms with E-state index in [-0.39, 0.29) is 0 Å². The molecule has 0 spiro atoms. The van der Waals surface area contributed by atoms with E-state index in [4.69, 9.17) is 0 Å². The lowest BCUT2D eigenvalue weighted by Gasteiger charge is -2.22. The van der Waals surface area contributed by atoms with Crippen molar-refractivity contribution >= 4 is 5.69 Å². The topological polar surface area (TPSA) is 12.0 Å². The van der Waals surface area contributed by atoms with Gasteiger partial charge in [-0.15, -0.1) is 0 Å². The van der Waals surface area contributed by atoms with Crippen LogP contribution in [0.3, 0.4) is 0 Å². The van der Waals surface area contributed by atoms with Gasteiger partial charge in [0.25, 0.3) is 0 Å². The van der Waals surface area contributed by atoms with E-state index >= 15 is 0 Å². The lowest BCUT2D eigenvalue weighted by Crippen LogP contribution is -2.12. The van der Waals surface area contributed by atoms with Gasteiger partial charge in [-0.2, -0.15) is 0 Å². The van der Waals surface area contributed by atoms with Crippen molar-refractivity contribution in [1.82, 2.24) is 0 Å². The molecule has 1 aliphatic carbocycles. The molecule has 1 atom stereocenters. The number of anilines is 1. The van der Waals surface area contributed by atoms with E-state index in [0.29, 0.717) is 6.04 Å². The molecule has 0 radical (unpaired) electrons. The Morgan fingerprint density at radius 3 is 2.70 bits per heavy atom. The fourth-order valence-corrected chi connectivity index (χ4v) is 3.17. The SMILES string of the molecule is Cc1cccc(NC2CCCCc3ccccc32)c1C. The van der Waals surface area contributed by atoms with Crippen LogP contribution in [0, 0.1) is 13.8 Å². The van der Waals surface area contributed by atoms with E-state index in [2.05, 4.69) is 61.6 Å². The first-order valence-corrected chi connectivity index (χ1v) is 7.66. The first-order chi connectivity index (χ1) is 9.75. The summed E-state index contributed by atoms with van der Waals surface area (Å²) in [6.07, 6.45) is 5.06. The second-order valence-corrected chi connectivity index (χ2v) is 5.89. The number of hydrogen-bond acceptors (Lipinski definition) is 1. The predicted octanol–water partition coefficient (Wildman–Crippen LogP) is 5.18. The highest BCUT2D eigenvalue weighted by Crippen LogP contribution is 2.32. The van der Waals surface area contributed by atoms with Crippen molar-refractivity contribution < 1.29 is 0 Å². The summed E-state index contributed by atoms with van der Waals surface area (Å²) in [4.78, 5) is 0. The summed E-state index contributed by atoms with van der Waals surface area (Å²) >= 11 is 0. The third kappa shape index (κ3) is 2.58. The minimum Gasteiger partial charge on any atom is -0.378 e. The Hall–Kier alpha value is -1.76. The molecule has 1 heteroatoms. The molecular formula is C19H23N. The molecular weight excluding hydrogens is 242 g/mol. The largest absolute Gasteiger partial charge is 0.378 e. The molecule has 0 amide bonds. The Bertz CT molecular complexity index is 600. The van der Waals surface area contributed by atoms with Gasteiger partial charge >= 0.3 is 0 Å². The summed E-state index contributed by atoms with van der Waals surface area (Å²) in [5.41, 5.74) is 7.02. The minimum absolute atomic E-state index is 0.453. The zero-order valence-electron chi connectivity index (χ0n) is 12.4. The van der Waals surface area contributed by atoms with Crippen LogP contribution in [0.25, 0.3) is 0 Å². The van der Waals surface area contributed by atoms with Gasteiger partial charge in [-0.05, 0) is 61.4 Å². The van der Waals surface area contributed by atoms with E-state index in [1.165, 1.54) is 53.6 Å². The molecule has 2 aromatic carbocycles. The molecule has 0 saturated heterocycles. The van der Waals surface area contributed by atoms with Crippen LogP contribution in [0.5, 0.6) is 0 Å². The number of fused-ring (bicyclic) bond motifs is 1.